The molecule has 0 aliphatic heterocycles. The molecule has 0 spiro atoms. The van der Waals surface area contributed by atoms with E-state index >= 15 is 0 Å². The number of ether oxygens (including phenoxy) is 2. The van der Waals surface area contributed by atoms with E-state index < -0.39 is 23.6 Å². The van der Waals surface area contributed by atoms with E-state index in [1.165, 1.54) is 18.4 Å². The smallest absolute Gasteiger partial charge is 0.333 e. The Balaban J connectivity index is 2.10. The van der Waals surface area contributed by atoms with Crippen LogP contribution in [-0.2, 0) is 19.1 Å². The fraction of sp³-hybridized carbons (Fsp3) is 0.250. The summed E-state index contributed by atoms with van der Waals surface area (Å²) in [6.45, 7) is 5.43. The number of benzene rings is 2. The quantitative estimate of drug-likeness (QED) is 0.230. The van der Waals surface area contributed by atoms with Gasteiger partial charge in [-0.1, -0.05) is 66.7 Å². The molecule has 0 amide bonds. The zero-order valence-electron chi connectivity index (χ0n) is 19.9. The van der Waals surface area contributed by atoms with Crippen LogP contribution < -0.4 is 0 Å². The summed E-state index contributed by atoms with van der Waals surface area (Å²) in [6.07, 6.45) is 1.79. The summed E-state index contributed by atoms with van der Waals surface area (Å²) >= 11 is 1.50. The first-order valence-electron chi connectivity index (χ1n) is 11.0. The van der Waals surface area contributed by atoms with Gasteiger partial charge in [-0.15, -0.1) is 11.3 Å². The lowest BCUT2D eigenvalue weighted by Crippen LogP contribution is -2.32. The average Bonchev–Trinajstić information content (AvgIpc) is 3.33. The Labute approximate surface area is 204 Å². The van der Waals surface area contributed by atoms with E-state index in [0.29, 0.717) is 11.3 Å². The number of aliphatic imine (C=N–C) groups is 1. The van der Waals surface area contributed by atoms with Gasteiger partial charge in [-0.25, -0.2) is 9.59 Å². The van der Waals surface area contributed by atoms with E-state index in [0.717, 1.165) is 16.0 Å². The molecule has 0 N–H and O–H groups in total. The number of esters is 2. The second-order valence-electron chi connectivity index (χ2n) is 8.64. The number of thiophene rings is 1. The molecular weight excluding hydrogens is 446 g/mol. The van der Waals surface area contributed by atoms with Crippen molar-refractivity contribution < 1.29 is 19.1 Å². The monoisotopic (exact) mass is 475 g/mol. The number of rotatable bonds is 8. The van der Waals surface area contributed by atoms with Crippen molar-refractivity contribution in [2.24, 2.45) is 4.99 Å². The van der Waals surface area contributed by atoms with Crippen molar-refractivity contribution in [3.8, 4) is 0 Å². The minimum atomic E-state index is -0.944. The maximum atomic E-state index is 13.3. The summed E-state index contributed by atoms with van der Waals surface area (Å²) in [5, 5.41) is 1.92. The predicted octanol–water partition coefficient (Wildman–Crippen LogP) is 5.94. The van der Waals surface area contributed by atoms with Gasteiger partial charge in [0.05, 0.1) is 12.8 Å². The molecule has 1 heterocycles. The van der Waals surface area contributed by atoms with Crippen LogP contribution in [0.5, 0.6) is 0 Å². The molecule has 0 saturated heterocycles. The third kappa shape index (κ3) is 7.25. The molecule has 3 rings (SSSR count). The Morgan fingerprint density at radius 3 is 2.00 bits per heavy atom. The van der Waals surface area contributed by atoms with Crippen molar-refractivity contribution in [1.82, 2.24) is 0 Å². The number of hydrogen-bond donors (Lipinski definition) is 0. The summed E-state index contributed by atoms with van der Waals surface area (Å²) < 4.78 is 10.7. The minimum absolute atomic E-state index is 0.0443. The summed E-state index contributed by atoms with van der Waals surface area (Å²) in [4.78, 5) is 31.7. The van der Waals surface area contributed by atoms with Crippen LogP contribution in [0.1, 0.15) is 43.2 Å². The van der Waals surface area contributed by atoms with Crippen molar-refractivity contribution in [1.29, 1.82) is 0 Å². The molecule has 0 bridgehead atoms. The molecular formula is C28H29NO4S. The standard InChI is InChI=1S/C28H29NO4S/c1-28(2,3)33-27(31)24(19-22(26(30)32-4)18-23-16-11-17-34-23)29-25(20-12-7-5-8-13-20)21-14-9-6-10-15-21/h5-18,24H,19H2,1-4H3/b22-18+/t24-/m0/s1. The second-order valence-corrected chi connectivity index (χ2v) is 9.62. The maximum Gasteiger partial charge on any atom is 0.333 e. The van der Waals surface area contributed by atoms with Crippen molar-refractivity contribution in [2.75, 3.05) is 7.11 Å². The normalized spacial score (nSPS) is 12.5. The number of methoxy groups -OCH3 is 1. The van der Waals surface area contributed by atoms with Gasteiger partial charge in [0.15, 0.2) is 6.04 Å². The molecule has 34 heavy (non-hydrogen) atoms. The first-order valence-corrected chi connectivity index (χ1v) is 11.9. The van der Waals surface area contributed by atoms with Crippen molar-refractivity contribution in [3.63, 3.8) is 0 Å². The van der Waals surface area contributed by atoms with E-state index in [-0.39, 0.29) is 6.42 Å². The zero-order chi connectivity index (χ0) is 24.6. The van der Waals surface area contributed by atoms with Crippen LogP contribution in [-0.4, -0.2) is 36.4 Å². The maximum absolute atomic E-state index is 13.3. The molecule has 5 nitrogen and oxygen atoms in total. The third-order valence-electron chi connectivity index (χ3n) is 4.78. The number of nitrogens with zero attached hydrogens (tertiary/aromatic N) is 1. The number of hydrogen-bond acceptors (Lipinski definition) is 6. The molecule has 6 heteroatoms. The van der Waals surface area contributed by atoms with Crippen LogP contribution >= 0.6 is 11.3 Å². The van der Waals surface area contributed by atoms with Crippen molar-refractivity contribution in [2.45, 2.75) is 38.8 Å². The Morgan fingerprint density at radius 2 is 1.53 bits per heavy atom. The molecule has 0 fully saturated rings. The van der Waals surface area contributed by atoms with Gasteiger partial charge in [0.25, 0.3) is 0 Å². The second kappa shape index (κ2) is 11.6. The Morgan fingerprint density at radius 1 is 0.941 bits per heavy atom. The molecule has 0 aliphatic carbocycles. The molecule has 2 aromatic carbocycles. The minimum Gasteiger partial charge on any atom is -0.466 e. The SMILES string of the molecule is COC(=O)/C(=C/c1cccs1)C[C@H](N=C(c1ccccc1)c1ccccc1)C(=O)OC(C)(C)C. The third-order valence-corrected chi connectivity index (χ3v) is 5.60. The fourth-order valence-electron chi connectivity index (χ4n) is 3.30. The van der Waals surface area contributed by atoms with Gasteiger partial charge in [0.1, 0.15) is 5.60 Å². The van der Waals surface area contributed by atoms with E-state index in [2.05, 4.69) is 0 Å². The molecule has 0 saturated carbocycles. The zero-order valence-corrected chi connectivity index (χ0v) is 20.7. The van der Waals surface area contributed by atoms with E-state index in [9.17, 15) is 9.59 Å². The lowest BCUT2D eigenvalue weighted by atomic mass is 10.00. The molecule has 1 aromatic heterocycles. The van der Waals surface area contributed by atoms with Gasteiger partial charge >= 0.3 is 11.9 Å². The number of carbonyl (C=O) groups excluding carboxylic acids is 2. The van der Waals surface area contributed by atoms with E-state index in [1.807, 2.05) is 98.9 Å². The van der Waals surface area contributed by atoms with Crippen molar-refractivity contribution >= 4 is 35.1 Å². The first kappa shape index (κ1) is 25.1. The Hall–Kier alpha value is -3.51. The molecule has 0 unspecified atom stereocenters. The van der Waals surface area contributed by atoms with Crippen LogP contribution in [0.2, 0.25) is 0 Å². The molecule has 0 aliphatic rings. The largest absolute Gasteiger partial charge is 0.466 e. The highest BCUT2D eigenvalue weighted by molar-refractivity contribution is 7.10. The predicted molar refractivity (Wildman–Crippen MR) is 137 cm³/mol. The van der Waals surface area contributed by atoms with Gasteiger partial charge in [0, 0.05) is 28.0 Å². The summed E-state index contributed by atoms with van der Waals surface area (Å²) in [6, 6.07) is 22.2. The van der Waals surface area contributed by atoms with Gasteiger partial charge in [-0.05, 0) is 38.3 Å². The van der Waals surface area contributed by atoms with Gasteiger partial charge in [0.2, 0.25) is 0 Å². The molecule has 1 atom stereocenters. The lowest BCUT2D eigenvalue weighted by Gasteiger charge is -2.23. The highest BCUT2D eigenvalue weighted by Crippen LogP contribution is 2.22. The fourth-order valence-corrected chi connectivity index (χ4v) is 3.98. The Bertz CT molecular complexity index is 1100. The van der Waals surface area contributed by atoms with Crippen LogP contribution in [0.4, 0.5) is 0 Å². The molecule has 3 aromatic rings. The summed E-state index contributed by atoms with van der Waals surface area (Å²) in [7, 11) is 1.33. The topological polar surface area (TPSA) is 65.0 Å². The van der Waals surface area contributed by atoms with Gasteiger partial charge in [-0.3, -0.25) is 4.99 Å². The van der Waals surface area contributed by atoms with Crippen molar-refractivity contribution in [3.05, 3.63) is 99.8 Å². The molecule has 176 valence electrons. The van der Waals surface area contributed by atoms with Crippen LogP contribution in [0.15, 0.2) is 88.7 Å². The van der Waals surface area contributed by atoms with E-state index in [1.54, 1.807) is 6.08 Å². The highest BCUT2D eigenvalue weighted by atomic mass is 32.1. The summed E-state index contributed by atoms with van der Waals surface area (Å²) in [5.74, 6) is -1.00. The first-order chi connectivity index (χ1) is 16.3. The lowest BCUT2D eigenvalue weighted by molar-refractivity contribution is -0.156. The highest BCUT2D eigenvalue weighted by Gasteiger charge is 2.29. The van der Waals surface area contributed by atoms with Crippen LogP contribution in [0, 0.1) is 0 Å². The number of carbonyl (C=O) groups is 2. The van der Waals surface area contributed by atoms with E-state index in [4.69, 9.17) is 14.5 Å². The molecule has 0 radical (unpaired) electrons. The average molecular weight is 476 g/mol. The Kier molecular flexibility index (Phi) is 8.55. The van der Waals surface area contributed by atoms with Gasteiger partial charge < -0.3 is 9.47 Å². The summed E-state index contributed by atoms with van der Waals surface area (Å²) in [5.41, 5.74) is 2.03. The van der Waals surface area contributed by atoms with Crippen LogP contribution in [0.25, 0.3) is 6.08 Å². The van der Waals surface area contributed by atoms with Crippen LogP contribution in [0.3, 0.4) is 0 Å². The van der Waals surface area contributed by atoms with Gasteiger partial charge in [-0.2, -0.15) is 0 Å².